The minimum Gasteiger partial charge on any atom is -0.274 e. The first kappa shape index (κ1) is 14.1. The van der Waals surface area contributed by atoms with Crippen molar-refractivity contribution in [2.75, 3.05) is 6.26 Å². The van der Waals surface area contributed by atoms with Gasteiger partial charge in [0.25, 0.3) is 0 Å². The molecule has 1 aromatic heterocycles. The van der Waals surface area contributed by atoms with Crippen LogP contribution in [0.1, 0.15) is 41.3 Å². The van der Waals surface area contributed by atoms with Gasteiger partial charge in [0, 0.05) is 5.56 Å². The van der Waals surface area contributed by atoms with Crippen LogP contribution in [0.4, 0.5) is 0 Å². The Morgan fingerprint density at radius 3 is 2.48 bits per heavy atom. The van der Waals surface area contributed by atoms with E-state index >= 15 is 0 Å². The second kappa shape index (κ2) is 5.53. The van der Waals surface area contributed by atoms with Crippen LogP contribution in [0, 0.1) is 6.92 Å². The van der Waals surface area contributed by atoms with Crippen LogP contribution in [0.2, 0.25) is 0 Å². The fourth-order valence-corrected chi connectivity index (χ4v) is 3.32. The molecule has 2 aromatic rings. The fourth-order valence-electron chi connectivity index (χ4n) is 2.78. The van der Waals surface area contributed by atoms with Crippen LogP contribution in [0.25, 0.3) is 17.8 Å². The number of aromatic nitrogens is 3. The first-order chi connectivity index (χ1) is 10.2. The van der Waals surface area contributed by atoms with Gasteiger partial charge < -0.3 is 0 Å². The van der Waals surface area contributed by atoms with Gasteiger partial charge in [-0.1, -0.05) is 43.1 Å². The highest BCUT2D eigenvalue weighted by molar-refractivity contribution is 7.98. The van der Waals surface area contributed by atoms with E-state index in [1.165, 1.54) is 24.0 Å². The molecule has 21 heavy (non-hydrogen) atoms. The predicted molar refractivity (Wildman–Crippen MR) is 90.0 cm³/mol. The Morgan fingerprint density at radius 2 is 1.90 bits per heavy atom. The van der Waals surface area contributed by atoms with Crippen LogP contribution in [-0.4, -0.2) is 21.0 Å². The van der Waals surface area contributed by atoms with Crippen molar-refractivity contribution in [1.29, 1.82) is 0 Å². The van der Waals surface area contributed by atoms with E-state index in [1.807, 2.05) is 25.3 Å². The zero-order chi connectivity index (χ0) is 15.0. The average molecular weight is 297 g/mol. The van der Waals surface area contributed by atoms with Gasteiger partial charge in [0.2, 0.25) is 0 Å². The van der Waals surface area contributed by atoms with Crippen molar-refractivity contribution in [2.24, 2.45) is 0 Å². The Bertz CT molecular complexity index is 711. The van der Waals surface area contributed by atoms with E-state index in [4.69, 9.17) is 0 Å². The van der Waals surface area contributed by atoms with Crippen LogP contribution in [0.15, 0.2) is 30.4 Å². The monoisotopic (exact) mass is 297 g/mol. The Morgan fingerprint density at radius 1 is 1.19 bits per heavy atom. The summed E-state index contributed by atoms with van der Waals surface area (Å²) in [7, 11) is 0. The molecular weight excluding hydrogens is 278 g/mol. The summed E-state index contributed by atoms with van der Waals surface area (Å²) in [5.74, 6) is 1.57. The van der Waals surface area contributed by atoms with Gasteiger partial charge in [0.05, 0.1) is 5.69 Å². The quantitative estimate of drug-likeness (QED) is 0.763. The van der Waals surface area contributed by atoms with Crippen molar-refractivity contribution >= 4 is 23.9 Å². The molecule has 108 valence electrons. The third-order valence-corrected chi connectivity index (χ3v) is 4.57. The molecule has 1 heterocycles. The molecule has 3 nitrogen and oxygen atoms in total. The lowest BCUT2D eigenvalue weighted by Crippen LogP contribution is -2.04. The Kier molecular flexibility index (Phi) is 3.72. The molecule has 0 amide bonds. The standard InChI is InChI=1S/C17H19N3S/c1-5-13-14(6-2)16(10-9-15(13)12-7-8-12)20-11(3)18-19-17(20)21-4/h5-6,9-10,12H,1-2,7-8H2,3-4H3. The topological polar surface area (TPSA) is 30.7 Å². The van der Waals surface area contributed by atoms with Gasteiger partial charge in [-0.15, -0.1) is 10.2 Å². The number of benzene rings is 1. The molecule has 1 fully saturated rings. The fraction of sp³-hybridized carbons (Fsp3) is 0.294. The lowest BCUT2D eigenvalue weighted by molar-refractivity contribution is 0.867. The largest absolute Gasteiger partial charge is 0.274 e. The summed E-state index contributed by atoms with van der Waals surface area (Å²) in [5.41, 5.74) is 4.79. The van der Waals surface area contributed by atoms with E-state index in [2.05, 4.69) is 40.1 Å². The van der Waals surface area contributed by atoms with Crippen molar-refractivity contribution in [2.45, 2.75) is 30.8 Å². The van der Waals surface area contributed by atoms with Crippen molar-refractivity contribution in [1.82, 2.24) is 14.8 Å². The predicted octanol–water partition coefficient (Wildman–Crippen LogP) is 4.46. The van der Waals surface area contributed by atoms with Crippen LogP contribution < -0.4 is 0 Å². The number of hydrogen-bond donors (Lipinski definition) is 0. The highest BCUT2D eigenvalue weighted by atomic mass is 32.2. The van der Waals surface area contributed by atoms with E-state index in [1.54, 1.807) is 11.8 Å². The third-order valence-electron chi connectivity index (χ3n) is 3.94. The molecule has 0 spiro atoms. The maximum atomic E-state index is 4.23. The minimum atomic E-state index is 0.688. The number of rotatable bonds is 5. The molecule has 4 heteroatoms. The van der Waals surface area contributed by atoms with Gasteiger partial charge in [0.1, 0.15) is 5.82 Å². The highest BCUT2D eigenvalue weighted by Crippen LogP contribution is 2.44. The van der Waals surface area contributed by atoms with Crippen molar-refractivity contribution in [3.8, 4) is 5.69 Å². The molecule has 0 bridgehead atoms. The highest BCUT2D eigenvalue weighted by Gasteiger charge is 2.27. The summed E-state index contributed by atoms with van der Waals surface area (Å²) < 4.78 is 2.09. The molecule has 1 aromatic carbocycles. The van der Waals surface area contributed by atoms with Crippen LogP contribution >= 0.6 is 11.8 Å². The van der Waals surface area contributed by atoms with Gasteiger partial charge >= 0.3 is 0 Å². The minimum absolute atomic E-state index is 0.688. The van der Waals surface area contributed by atoms with E-state index in [0.717, 1.165) is 22.2 Å². The number of thioether (sulfide) groups is 1. The van der Waals surface area contributed by atoms with E-state index < -0.39 is 0 Å². The maximum Gasteiger partial charge on any atom is 0.195 e. The number of hydrogen-bond acceptors (Lipinski definition) is 3. The Hall–Kier alpha value is -1.81. The molecule has 0 aliphatic heterocycles. The molecule has 0 radical (unpaired) electrons. The van der Waals surface area contributed by atoms with Crippen molar-refractivity contribution in [3.63, 3.8) is 0 Å². The normalized spacial score (nSPS) is 14.2. The van der Waals surface area contributed by atoms with Crippen LogP contribution in [-0.2, 0) is 0 Å². The molecule has 0 atom stereocenters. The second-order valence-electron chi connectivity index (χ2n) is 5.25. The lowest BCUT2D eigenvalue weighted by Gasteiger charge is -2.16. The second-order valence-corrected chi connectivity index (χ2v) is 6.03. The zero-order valence-corrected chi connectivity index (χ0v) is 13.3. The summed E-state index contributed by atoms with van der Waals surface area (Å²) in [6, 6.07) is 4.38. The molecule has 0 N–H and O–H groups in total. The van der Waals surface area contributed by atoms with Gasteiger partial charge in [-0.3, -0.25) is 4.57 Å². The summed E-state index contributed by atoms with van der Waals surface area (Å²) in [6.45, 7) is 9.99. The summed E-state index contributed by atoms with van der Waals surface area (Å²) in [5, 5.41) is 9.32. The third kappa shape index (κ3) is 2.33. The van der Waals surface area contributed by atoms with E-state index in [0.29, 0.717) is 5.92 Å². The van der Waals surface area contributed by atoms with E-state index in [-0.39, 0.29) is 0 Å². The van der Waals surface area contributed by atoms with Crippen LogP contribution in [0.3, 0.4) is 0 Å². The number of nitrogens with zero attached hydrogens (tertiary/aromatic N) is 3. The summed E-state index contributed by atoms with van der Waals surface area (Å²) >= 11 is 1.60. The van der Waals surface area contributed by atoms with E-state index in [9.17, 15) is 0 Å². The molecule has 3 rings (SSSR count). The van der Waals surface area contributed by atoms with Crippen molar-refractivity contribution in [3.05, 3.63) is 47.8 Å². The molecular formula is C17H19N3S. The van der Waals surface area contributed by atoms with Gasteiger partial charge in [0.15, 0.2) is 5.16 Å². The summed E-state index contributed by atoms with van der Waals surface area (Å²) in [4.78, 5) is 0. The molecule has 0 unspecified atom stereocenters. The van der Waals surface area contributed by atoms with Crippen LogP contribution in [0.5, 0.6) is 0 Å². The SMILES string of the molecule is C=Cc1c(C2CC2)ccc(-n2c(C)nnc2SC)c1C=C. The lowest BCUT2D eigenvalue weighted by atomic mass is 9.96. The Balaban J connectivity index is 2.25. The molecule has 1 aliphatic carbocycles. The average Bonchev–Trinajstić information content (AvgIpc) is 3.28. The molecule has 0 saturated heterocycles. The van der Waals surface area contributed by atoms with Gasteiger partial charge in [-0.05, 0) is 49.1 Å². The maximum absolute atomic E-state index is 4.23. The smallest absolute Gasteiger partial charge is 0.195 e. The van der Waals surface area contributed by atoms with Gasteiger partial charge in [-0.2, -0.15) is 0 Å². The first-order valence-corrected chi connectivity index (χ1v) is 8.31. The zero-order valence-electron chi connectivity index (χ0n) is 12.5. The van der Waals surface area contributed by atoms with Crippen molar-refractivity contribution < 1.29 is 0 Å². The Labute approximate surface area is 129 Å². The molecule has 1 saturated carbocycles. The molecule has 1 aliphatic rings. The number of aryl methyl sites for hydroxylation is 1. The summed E-state index contributed by atoms with van der Waals surface area (Å²) in [6.07, 6.45) is 8.44. The van der Waals surface area contributed by atoms with Gasteiger partial charge in [-0.25, -0.2) is 0 Å². The first-order valence-electron chi connectivity index (χ1n) is 7.09.